The number of amides is 1. The lowest BCUT2D eigenvalue weighted by Gasteiger charge is -2.28. The van der Waals surface area contributed by atoms with Gasteiger partial charge in [-0.05, 0) is 50.0 Å². The van der Waals surface area contributed by atoms with E-state index in [4.69, 9.17) is 21.1 Å². The number of carbonyl (C=O) groups excluding carboxylic acids is 2. The molecule has 9 nitrogen and oxygen atoms in total. The molecule has 4 rings (SSSR count). The lowest BCUT2D eigenvalue weighted by molar-refractivity contribution is -0.384. The van der Waals surface area contributed by atoms with Gasteiger partial charge in [0.05, 0.1) is 33.6 Å². The Morgan fingerprint density at radius 1 is 1.13 bits per heavy atom. The van der Waals surface area contributed by atoms with Crippen LogP contribution in [0.4, 0.5) is 11.4 Å². The Labute approximate surface area is 229 Å². The highest BCUT2D eigenvalue weighted by atomic mass is 35.5. The van der Waals surface area contributed by atoms with E-state index < -0.39 is 28.2 Å². The maximum atomic E-state index is 14.1. The number of nitro groups is 1. The SMILES string of the molecule is COc1ccc(C2Sc3ccccc3N(CCN(C)C)C(=O)C2OC(=O)c2cc([N+](=O)[O-])ccc2Cl)cc1. The molecule has 0 saturated heterocycles. The van der Waals surface area contributed by atoms with Crippen molar-refractivity contribution in [3.05, 3.63) is 93.0 Å². The lowest BCUT2D eigenvalue weighted by atomic mass is 10.0. The number of non-ortho nitro benzene ring substituents is 1. The summed E-state index contributed by atoms with van der Waals surface area (Å²) in [7, 11) is 5.38. The van der Waals surface area contributed by atoms with Gasteiger partial charge in [-0.3, -0.25) is 14.9 Å². The number of esters is 1. The van der Waals surface area contributed by atoms with Gasteiger partial charge in [0.15, 0.2) is 6.10 Å². The van der Waals surface area contributed by atoms with Crippen LogP contribution in [-0.2, 0) is 9.53 Å². The number of hydrogen-bond donors (Lipinski definition) is 0. The third-order valence-corrected chi connectivity index (χ3v) is 7.73. The summed E-state index contributed by atoms with van der Waals surface area (Å²) in [6, 6.07) is 18.2. The zero-order valence-electron chi connectivity index (χ0n) is 21.0. The molecule has 3 aromatic carbocycles. The van der Waals surface area contributed by atoms with Crippen molar-refractivity contribution in [2.45, 2.75) is 16.2 Å². The fourth-order valence-corrected chi connectivity index (χ4v) is 5.53. The molecule has 198 valence electrons. The maximum Gasteiger partial charge on any atom is 0.340 e. The first-order chi connectivity index (χ1) is 18.2. The number of nitrogens with zero attached hydrogens (tertiary/aromatic N) is 3. The molecule has 11 heteroatoms. The third-order valence-electron chi connectivity index (χ3n) is 6.02. The molecule has 0 bridgehead atoms. The van der Waals surface area contributed by atoms with E-state index in [0.29, 0.717) is 18.8 Å². The van der Waals surface area contributed by atoms with Crippen molar-refractivity contribution in [3.8, 4) is 5.75 Å². The van der Waals surface area contributed by atoms with Crippen LogP contribution in [0.5, 0.6) is 5.75 Å². The first kappa shape index (κ1) is 27.4. The Morgan fingerprint density at radius 2 is 1.84 bits per heavy atom. The molecule has 0 radical (unpaired) electrons. The number of likely N-dealkylation sites (N-methyl/N-ethyl adjacent to an activating group) is 1. The largest absolute Gasteiger partial charge is 0.497 e. The number of halogens is 1. The van der Waals surface area contributed by atoms with E-state index in [2.05, 4.69) is 0 Å². The minimum atomic E-state index is -1.24. The van der Waals surface area contributed by atoms with Crippen molar-refractivity contribution >= 4 is 46.6 Å². The van der Waals surface area contributed by atoms with E-state index in [9.17, 15) is 19.7 Å². The minimum Gasteiger partial charge on any atom is -0.497 e. The quantitative estimate of drug-likeness (QED) is 0.212. The second-order valence-corrected chi connectivity index (χ2v) is 10.4. The molecular weight excluding hydrogens is 530 g/mol. The van der Waals surface area contributed by atoms with Crippen molar-refractivity contribution in [2.24, 2.45) is 0 Å². The predicted octanol–water partition coefficient (Wildman–Crippen LogP) is 5.22. The Balaban J connectivity index is 1.79. The smallest absolute Gasteiger partial charge is 0.340 e. The fourth-order valence-electron chi connectivity index (χ4n) is 4.02. The van der Waals surface area contributed by atoms with E-state index in [1.807, 2.05) is 55.4 Å². The van der Waals surface area contributed by atoms with Gasteiger partial charge in [0.25, 0.3) is 11.6 Å². The zero-order chi connectivity index (χ0) is 27.4. The summed E-state index contributed by atoms with van der Waals surface area (Å²) in [5.74, 6) is -0.682. The number of benzene rings is 3. The Morgan fingerprint density at radius 3 is 2.50 bits per heavy atom. The molecule has 38 heavy (non-hydrogen) atoms. The highest BCUT2D eigenvalue weighted by molar-refractivity contribution is 7.99. The number of fused-ring (bicyclic) bond motifs is 1. The van der Waals surface area contributed by atoms with E-state index in [1.165, 1.54) is 23.9 Å². The summed E-state index contributed by atoms with van der Waals surface area (Å²) in [6.07, 6.45) is -1.24. The van der Waals surface area contributed by atoms with Crippen LogP contribution < -0.4 is 9.64 Å². The highest BCUT2D eigenvalue weighted by Gasteiger charge is 2.41. The molecule has 0 aromatic heterocycles. The standard InChI is InChI=1S/C27H26ClN3O6S/c1-29(2)14-15-30-22-6-4-5-7-23(22)38-25(17-8-11-19(36-3)12-9-17)24(26(30)32)37-27(33)20-16-18(31(34)35)10-13-21(20)28/h4-13,16,24-25H,14-15H2,1-3H3. The molecule has 2 atom stereocenters. The van der Waals surface area contributed by atoms with Gasteiger partial charge in [-0.1, -0.05) is 35.9 Å². The van der Waals surface area contributed by atoms with Crippen molar-refractivity contribution < 1.29 is 24.0 Å². The number of ether oxygens (including phenoxy) is 2. The topological polar surface area (TPSA) is 102 Å². The average molecular weight is 556 g/mol. The summed E-state index contributed by atoms with van der Waals surface area (Å²) >= 11 is 7.62. The molecule has 1 heterocycles. The number of para-hydroxylation sites is 1. The molecule has 0 aliphatic carbocycles. The molecule has 0 fully saturated rings. The van der Waals surface area contributed by atoms with Gasteiger partial charge in [-0.2, -0.15) is 0 Å². The van der Waals surface area contributed by atoms with Crippen LogP contribution in [0.1, 0.15) is 21.2 Å². The van der Waals surface area contributed by atoms with Gasteiger partial charge in [-0.25, -0.2) is 4.79 Å². The minimum absolute atomic E-state index is 0.0110. The number of nitro benzene ring substituents is 1. The molecular formula is C27H26ClN3O6S. The normalized spacial score (nSPS) is 17.1. The summed E-state index contributed by atoms with van der Waals surface area (Å²) in [5, 5.41) is 10.7. The molecule has 2 unspecified atom stereocenters. The summed E-state index contributed by atoms with van der Waals surface area (Å²) in [6.45, 7) is 0.944. The Kier molecular flexibility index (Phi) is 8.55. The molecule has 1 amide bonds. The van der Waals surface area contributed by atoms with Crippen LogP contribution in [0.25, 0.3) is 0 Å². The molecule has 0 saturated carbocycles. The fraction of sp³-hybridized carbons (Fsp3) is 0.259. The van der Waals surface area contributed by atoms with Crippen molar-refractivity contribution in [1.29, 1.82) is 0 Å². The molecule has 3 aromatic rings. The second-order valence-electron chi connectivity index (χ2n) is 8.82. The van der Waals surface area contributed by atoms with Gasteiger partial charge >= 0.3 is 5.97 Å². The number of rotatable bonds is 8. The zero-order valence-corrected chi connectivity index (χ0v) is 22.6. The maximum absolute atomic E-state index is 14.1. The van der Waals surface area contributed by atoms with Gasteiger partial charge in [0.2, 0.25) is 0 Å². The van der Waals surface area contributed by atoms with Gasteiger partial charge < -0.3 is 19.3 Å². The van der Waals surface area contributed by atoms with Crippen molar-refractivity contribution in [3.63, 3.8) is 0 Å². The van der Waals surface area contributed by atoms with Crippen molar-refractivity contribution in [2.75, 3.05) is 39.2 Å². The molecule has 1 aliphatic rings. The van der Waals surface area contributed by atoms with E-state index in [0.717, 1.165) is 22.2 Å². The van der Waals surface area contributed by atoms with Gasteiger partial charge in [-0.15, -0.1) is 11.8 Å². The van der Waals surface area contributed by atoms with Crippen LogP contribution in [0.15, 0.2) is 71.6 Å². The van der Waals surface area contributed by atoms with Gasteiger partial charge in [0.1, 0.15) is 5.75 Å². The monoisotopic (exact) mass is 555 g/mol. The molecule has 0 spiro atoms. The Hall–Kier alpha value is -3.60. The molecule has 1 aliphatic heterocycles. The summed E-state index contributed by atoms with van der Waals surface area (Å²) < 4.78 is 11.2. The predicted molar refractivity (Wildman–Crippen MR) is 146 cm³/mol. The first-order valence-electron chi connectivity index (χ1n) is 11.7. The van der Waals surface area contributed by atoms with E-state index in [1.54, 1.807) is 24.1 Å². The summed E-state index contributed by atoms with van der Waals surface area (Å²) in [5.41, 5.74) is 0.967. The van der Waals surface area contributed by atoms with Crippen LogP contribution in [0.2, 0.25) is 5.02 Å². The number of thioether (sulfide) groups is 1. The van der Waals surface area contributed by atoms with Crippen LogP contribution in [-0.4, -0.2) is 62.1 Å². The van der Waals surface area contributed by atoms with Crippen LogP contribution in [0.3, 0.4) is 0 Å². The van der Waals surface area contributed by atoms with E-state index in [-0.39, 0.29) is 16.3 Å². The van der Waals surface area contributed by atoms with E-state index >= 15 is 0 Å². The third kappa shape index (κ3) is 5.93. The lowest BCUT2D eigenvalue weighted by Crippen LogP contribution is -2.45. The highest BCUT2D eigenvalue weighted by Crippen LogP contribution is 2.47. The molecule has 0 N–H and O–H groups in total. The van der Waals surface area contributed by atoms with Crippen LogP contribution in [0, 0.1) is 10.1 Å². The average Bonchev–Trinajstić information content (AvgIpc) is 3.02. The second kappa shape index (κ2) is 11.8. The number of carbonyl (C=O) groups is 2. The van der Waals surface area contributed by atoms with Crippen molar-refractivity contribution in [1.82, 2.24) is 4.90 Å². The number of hydrogen-bond acceptors (Lipinski definition) is 8. The number of methoxy groups -OCH3 is 1. The summed E-state index contributed by atoms with van der Waals surface area (Å²) in [4.78, 5) is 42.6. The van der Waals surface area contributed by atoms with Gasteiger partial charge in [0, 0.05) is 30.1 Å². The number of anilines is 1. The van der Waals surface area contributed by atoms with Crippen LogP contribution >= 0.6 is 23.4 Å². The Bertz CT molecular complexity index is 1350. The first-order valence-corrected chi connectivity index (χ1v) is 13.0.